The number of rotatable bonds is 10. The zero-order valence-corrected chi connectivity index (χ0v) is 12.9. The number of aliphatic imine (C=N–C) groups is 1. The van der Waals surface area contributed by atoms with E-state index in [1.54, 1.807) is 6.08 Å². The van der Waals surface area contributed by atoms with Gasteiger partial charge in [0.1, 0.15) is 0 Å². The largest absolute Gasteiger partial charge is 0.297 e. The van der Waals surface area contributed by atoms with Crippen LogP contribution >= 0.6 is 0 Å². The minimum Gasteiger partial charge on any atom is -0.297 e. The predicted molar refractivity (Wildman–Crippen MR) is 92.0 cm³/mol. The third-order valence-electron chi connectivity index (χ3n) is 3.24. The molecule has 0 aromatic heterocycles. The second-order valence-corrected chi connectivity index (χ2v) is 4.82. The standard InChI is InChI=1S/C19H27N/c1-6-10-11-13-17(5)14-12-15-20-16-19(9-4)18(7-2)8-3/h1,7-8,10-11,13,16,18-19H,2-3,9,12,14-15H2,4-5H3. The smallest absolute Gasteiger partial charge is 0.0388 e. The molecule has 0 aliphatic carbocycles. The second-order valence-electron chi connectivity index (χ2n) is 4.82. The summed E-state index contributed by atoms with van der Waals surface area (Å²) in [7, 11) is 0. The molecule has 20 heavy (non-hydrogen) atoms. The van der Waals surface area contributed by atoms with Gasteiger partial charge in [0.25, 0.3) is 0 Å². The molecule has 0 saturated heterocycles. The molecule has 0 saturated carbocycles. The van der Waals surface area contributed by atoms with E-state index >= 15 is 0 Å². The minimum absolute atomic E-state index is 0.319. The number of hydrogen-bond acceptors (Lipinski definition) is 1. The van der Waals surface area contributed by atoms with Gasteiger partial charge >= 0.3 is 0 Å². The SMILES string of the molecule is C#CC=CC=C(C)CCCN=CC(CC)C(C=C)C=C. The first-order chi connectivity index (χ1) is 9.69. The van der Waals surface area contributed by atoms with Gasteiger partial charge in [-0.05, 0) is 32.3 Å². The molecule has 0 aliphatic rings. The van der Waals surface area contributed by atoms with Gasteiger partial charge < -0.3 is 0 Å². The summed E-state index contributed by atoms with van der Waals surface area (Å²) in [5, 5.41) is 0. The van der Waals surface area contributed by atoms with Gasteiger partial charge in [-0.3, -0.25) is 4.99 Å². The molecule has 0 heterocycles. The van der Waals surface area contributed by atoms with Crippen LogP contribution in [0.25, 0.3) is 0 Å². The Labute approximate surface area is 124 Å². The average molecular weight is 269 g/mol. The summed E-state index contributed by atoms with van der Waals surface area (Å²) in [6.45, 7) is 12.8. The Bertz CT molecular complexity index is 396. The molecule has 0 aliphatic heterocycles. The molecule has 1 nitrogen and oxygen atoms in total. The van der Waals surface area contributed by atoms with Crippen LogP contribution in [0.5, 0.6) is 0 Å². The van der Waals surface area contributed by atoms with Gasteiger partial charge in [-0.15, -0.1) is 19.6 Å². The Kier molecular flexibility index (Phi) is 11.1. The summed E-state index contributed by atoms with van der Waals surface area (Å²) in [5.74, 6) is 3.21. The van der Waals surface area contributed by atoms with Crippen molar-refractivity contribution in [2.24, 2.45) is 16.8 Å². The van der Waals surface area contributed by atoms with Crippen LogP contribution in [0, 0.1) is 24.2 Å². The highest BCUT2D eigenvalue weighted by atomic mass is 14.7. The van der Waals surface area contributed by atoms with Crippen molar-refractivity contribution < 1.29 is 0 Å². The molecule has 1 unspecified atom stereocenters. The van der Waals surface area contributed by atoms with Gasteiger partial charge in [-0.25, -0.2) is 0 Å². The molecule has 0 fully saturated rings. The van der Waals surface area contributed by atoms with Crippen LogP contribution in [0.15, 0.2) is 54.1 Å². The maximum Gasteiger partial charge on any atom is 0.0388 e. The second kappa shape index (κ2) is 12.2. The quantitative estimate of drug-likeness (QED) is 0.174. The van der Waals surface area contributed by atoms with E-state index in [9.17, 15) is 0 Å². The maximum absolute atomic E-state index is 5.14. The first-order valence-electron chi connectivity index (χ1n) is 7.23. The van der Waals surface area contributed by atoms with Crippen LogP contribution in [-0.2, 0) is 0 Å². The van der Waals surface area contributed by atoms with E-state index in [4.69, 9.17) is 6.42 Å². The van der Waals surface area contributed by atoms with Crippen molar-refractivity contribution in [3.8, 4) is 12.3 Å². The van der Waals surface area contributed by atoms with Crippen LogP contribution in [0.4, 0.5) is 0 Å². The summed E-state index contributed by atoms with van der Waals surface area (Å²) in [6.07, 6.45) is 19.9. The van der Waals surface area contributed by atoms with Crippen LogP contribution in [0.1, 0.15) is 33.1 Å². The minimum atomic E-state index is 0.319. The van der Waals surface area contributed by atoms with E-state index in [2.05, 4.69) is 50.2 Å². The lowest BCUT2D eigenvalue weighted by Gasteiger charge is -2.15. The third kappa shape index (κ3) is 8.32. The van der Waals surface area contributed by atoms with Gasteiger partial charge in [-0.1, -0.05) is 42.7 Å². The lowest BCUT2D eigenvalue weighted by Crippen LogP contribution is -2.11. The topological polar surface area (TPSA) is 12.4 Å². The van der Waals surface area contributed by atoms with Gasteiger partial charge in [0.2, 0.25) is 0 Å². The summed E-state index contributed by atoms with van der Waals surface area (Å²) < 4.78 is 0. The van der Waals surface area contributed by atoms with E-state index in [0.29, 0.717) is 11.8 Å². The molecule has 0 amide bonds. The van der Waals surface area contributed by atoms with Crippen molar-refractivity contribution in [1.82, 2.24) is 0 Å². The number of nitrogens with zero attached hydrogens (tertiary/aromatic N) is 1. The Morgan fingerprint density at radius 3 is 2.60 bits per heavy atom. The Morgan fingerprint density at radius 2 is 2.05 bits per heavy atom. The van der Waals surface area contributed by atoms with Crippen LogP contribution in [-0.4, -0.2) is 12.8 Å². The van der Waals surface area contributed by atoms with E-state index < -0.39 is 0 Å². The van der Waals surface area contributed by atoms with E-state index in [-0.39, 0.29) is 0 Å². The molecule has 0 radical (unpaired) electrons. The van der Waals surface area contributed by atoms with E-state index in [1.807, 2.05) is 18.2 Å². The van der Waals surface area contributed by atoms with Crippen molar-refractivity contribution in [1.29, 1.82) is 0 Å². The molecule has 0 spiro atoms. The van der Waals surface area contributed by atoms with E-state index in [0.717, 1.165) is 25.8 Å². The maximum atomic E-state index is 5.14. The van der Waals surface area contributed by atoms with E-state index in [1.165, 1.54) is 5.57 Å². The fourth-order valence-corrected chi connectivity index (χ4v) is 1.93. The number of terminal acetylenes is 1. The monoisotopic (exact) mass is 269 g/mol. The Morgan fingerprint density at radius 1 is 1.35 bits per heavy atom. The third-order valence-corrected chi connectivity index (χ3v) is 3.24. The summed E-state index contributed by atoms with van der Waals surface area (Å²) in [4.78, 5) is 4.53. The molecule has 0 aromatic carbocycles. The Hall–Kier alpha value is -1.81. The molecule has 0 aromatic rings. The summed E-state index contributed by atoms with van der Waals surface area (Å²) in [6, 6.07) is 0. The van der Waals surface area contributed by atoms with Crippen LogP contribution in [0.2, 0.25) is 0 Å². The number of hydrogen-bond donors (Lipinski definition) is 0. The predicted octanol–water partition coefficient (Wildman–Crippen LogP) is 4.99. The fourth-order valence-electron chi connectivity index (χ4n) is 1.93. The molecule has 108 valence electrons. The average Bonchev–Trinajstić information content (AvgIpc) is 2.46. The lowest BCUT2D eigenvalue weighted by atomic mass is 9.91. The summed E-state index contributed by atoms with van der Waals surface area (Å²) >= 11 is 0. The highest BCUT2D eigenvalue weighted by Gasteiger charge is 2.10. The van der Waals surface area contributed by atoms with Crippen molar-refractivity contribution in [3.63, 3.8) is 0 Å². The fraction of sp³-hybridized carbons (Fsp3) is 0.421. The molecule has 1 atom stereocenters. The van der Waals surface area contributed by atoms with Gasteiger partial charge in [0.15, 0.2) is 0 Å². The molecule has 0 N–H and O–H groups in total. The molecular weight excluding hydrogens is 242 g/mol. The first kappa shape index (κ1) is 18.2. The highest BCUT2D eigenvalue weighted by molar-refractivity contribution is 5.62. The zero-order chi connectivity index (χ0) is 15.2. The highest BCUT2D eigenvalue weighted by Crippen LogP contribution is 2.16. The zero-order valence-electron chi connectivity index (χ0n) is 12.9. The normalized spacial score (nSPS) is 13.8. The lowest BCUT2D eigenvalue weighted by molar-refractivity contribution is 0.582. The molecule has 1 heteroatoms. The van der Waals surface area contributed by atoms with Gasteiger partial charge in [0, 0.05) is 24.6 Å². The van der Waals surface area contributed by atoms with Crippen LogP contribution < -0.4 is 0 Å². The summed E-state index contributed by atoms with van der Waals surface area (Å²) in [5.41, 5.74) is 1.33. The number of allylic oxidation sites excluding steroid dienone is 6. The van der Waals surface area contributed by atoms with Crippen molar-refractivity contribution >= 4 is 6.21 Å². The van der Waals surface area contributed by atoms with Crippen molar-refractivity contribution in [2.45, 2.75) is 33.1 Å². The van der Waals surface area contributed by atoms with Crippen LogP contribution in [0.3, 0.4) is 0 Å². The first-order valence-corrected chi connectivity index (χ1v) is 7.23. The van der Waals surface area contributed by atoms with Gasteiger partial charge in [0.05, 0.1) is 0 Å². The van der Waals surface area contributed by atoms with Gasteiger partial charge in [-0.2, -0.15) is 0 Å². The molecule has 0 bridgehead atoms. The Balaban J connectivity index is 4.10. The van der Waals surface area contributed by atoms with Crippen molar-refractivity contribution in [3.05, 3.63) is 49.1 Å². The molecule has 0 rings (SSSR count). The van der Waals surface area contributed by atoms with Crippen molar-refractivity contribution in [2.75, 3.05) is 6.54 Å². The molecular formula is C19H27N.